The number of furan rings is 1. The molecule has 0 unspecified atom stereocenters. The molecule has 2 aromatic heterocycles. The van der Waals surface area contributed by atoms with Gasteiger partial charge in [0.1, 0.15) is 11.5 Å². The van der Waals surface area contributed by atoms with E-state index in [0.717, 1.165) is 20.9 Å². The summed E-state index contributed by atoms with van der Waals surface area (Å²) in [5.41, 5.74) is 0. The summed E-state index contributed by atoms with van der Waals surface area (Å²) in [6.07, 6.45) is 0. The van der Waals surface area contributed by atoms with Gasteiger partial charge in [0.25, 0.3) is 0 Å². The number of carbonyl (C=O) groups is 1. The predicted octanol–water partition coefficient (Wildman–Crippen LogP) is 3.73. The molecule has 0 saturated heterocycles. The number of hydrogen-bond donors (Lipinski definition) is 0. The molecule has 0 radical (unpaired) electrons. The van der Waals surface area contributed by atoms with Gasteiger partial charge in [-0.1, -0.05) is 0 Å². The van der Waals surface area contributed by atoms with Crippen LogP contribution in [0.4, 0.5) is 0 Å². The summed E-state index contributed by atoms with van der Waals surface area (Å²) in [7, 11) is 1.91. The van der Waals surface area contributed by atoms with Gasteiger partial charge in [-0.3, -0.25) is 9.69 Å². The number of ketones is 1. The zero-order valence-corrected chi connectivity index (χ0v) is 12.7. The second-order valence-electron chi connectivity index (χ2n) is 4.21. The molecule has 96 valence electrons. The first-order valence-electron chi connectivity index (χ1n) is 5.56. The third kappa shape index (κ3) is 3.31. The average Bonchev–Trinajstić information content (AvgIpc) is 2.87. The molecule has 0 aromatic carbocycles. The average molecular weight is 328 g/mol. The molecule has 0 atom stereocenters. The molecule has 2 aromatic rings. The predicted molar refractivity (Wildman–Crippen MR) is 76.1 cm³/mol. The van der Waals surface area contributed by atoms with Crippen molar-refractivity contribution in [2.45, 2.75) is 13.5 Å². The normalized spacial score (nSPS) is 11.1. The molecule has 5 heteroatoms. The van der Waals surface area contributed by atoms with Crippen LogP contribution in [0.5, 0.6) is 0 Å². The second-order valence-corrected chi connectivity index (χ2v) is 5.98. The van der Waals surface area contributed by atoms with Gasteiger partial charge in [-0.2, -0.15) is 0 Å². The van der Waals surface area contributed by atoms with Crippen molar-refractivity contribution in [1.82, 2.24) is 4.90 Å². The van der Waals surface area contributed by atoms with E-state index in [1.165, 1.54) is 11.3 Å². The molecule has 18 heavy (non-hydrogen) atoms. The second kappa shape index (κ2) is 5.82. The highest BCUT2D eigenvalue weighted by Gasteiger charge is 2.14. The van der Waals surface area contributed by atoms with Gasteiger partial charge in [0.2, 0.25) is 0 Å². The van der Waals surface area contributed by atoms with Crippen LogP contribution in [0.2, 0.25) is 0 Å². The standard InChI is InChI=1S/C13H14BrNO2S/c1-9-3-4-10(17-9)7-15(2)8-12(16)13-11(14)5-6-18-13/h3-6H,7-8H2,1-2H3. The molecular formula is C13H14BrNO2S. The maximum atomic E-state index is 12.0. The highest BCUT2D eigenvalue weighted by Crippen LogP contribution is 2.23. The minimum absolute atomic E-state index is 0.127. The van der Waals surface area contributed by atoms with Crippen molar-refractivity contribution in [2.24, 2.45) is 0 Å². The minimum Gasteiger partial charge on any atom is -0.465 e. The summed E-state index contributed by atoms with van der Waals surface area (Å²) < 4.78 is 6.37. The summed E-state index contributed by atoms with van der Waals surface area (Å²) in [4.78, 5) is 14.8. The summed E-state index contributed by atoms with van der Waals surface area (Å²) in [5.74, 6) is 1.90. The van der Waals surface area contributed by atoms with Gasteiger partial charge in [-0.05, 0) is 53.5 Å². The van der Waals surface area contributed by atoms with Gasteiger partial charge in [-0.15, -0.1) is 11.3 Å². The number of nitrogens with zero attached hydrogens (tertiary/aromatic N) is 1. The topological polar surface area (TPSA) is 33.5 Å². The molecule has 0 N–H and O–H groups in total. The maximum absolute atomic E-state index is 12.0. The molecular weight excluding hydrogens is 314 g/mol. The van der Waals surface area contributed by atoms with Crippen LogP contribution in [0.15, 0.2) is 32.5 Å². The highest BCUT2D eigenvalue weighted by molar-refractivity contribution is 9.10. The number of carbonyl (C=O) groups excluding carboxylic acids is 1. The zero-order valence-electron chi connectivity index (χ0n) is 10.3. The number of Topliss-reactive ketones (excluding diaryl/α,β-unsaturated/α-hetero) is 1. The van der Waals surface area contributed by atoms with Crippen molar-refractivity contribution in [2.75, 3.05) is 13.6 Å². The monoisotopic (exact) mass is 327 g/mol. The van der Waals surface area contributed by atoms with E-state index in [-0.39, 0.29) is 5.78 Å². The molecule has 2 heterocycles. The van der Waals surface area contributed by atoms with Gasteiger partial charge in [0.15, 0.2) is 5.78 Å². The van der Waals surface area contributed by atoms with E-state index in [0.29, 0.717) is 13.1 Å². The van der Waals surface area contributed by atoms with E-state index >= 15 is 0 Å². The fourth-order valence-electron chi connectivity index (χ4n) is 1.70. The van der Waals surface area contributed by atoms with E-state index in [2.05, 4.69) is 15.9 Å². The number of halogens is 1. The Balaban J connectivity index is 1.93. The van der Waals surface area contributed by atoms with E-state index in [1.54, 1.807) is 0 Å². The van der Waals surface area contributed by atoms with Crippen LogP contribution in [0, 0.1) is 6.92 Å². The van der Waals surface area contributed by atoms with E-state index in [4.69, 9.17) is 4.42 Å². The first kappa shape index (κ1) is 13.5. The number of rotatable bonds is 5. The van der Waals surface area contributed by atoms with Crippen molar-refractivity contribution in [3.05, 3.63) is 44.4 Å². The molecule has 0 fully saturated rings. The lowest BCUT2D eigenvalue weighted by molar-refractivity contribution is 0.0943. The fourth-order valence-corrected chi connectivity index (χ4v) is 3.23. The molecule has 0 bridgehead atoms. The number of likely N-dealkylation sites (N-methyl/N-ethyl adjacent to an activating group) is 1. The van der Waals surface area contributed by atoms with Crippen molar-refractivity contribution >= 4 is 33.0 Å². The Morgan fingerprint density at radius 1 is 1.44 bits per heavy atom. The summed E-state index contributed by atoms with van der Waals surface area (Å²) in [6, 6.07) is 5.77. The Bertz CT molecular complexity index is 547. The first-order valence-corrected chi connectivity index (χ1v) is 7.23. The van der Waals surface area contributed by atoms with Crippen molar-refractivity contribution in [1.29, 1.82) is 0 Å². The molecule has 0 aliphatic carbocycles. The zero-order chi connectivity index (χ0) is 13.1. The summed E-state index contributed by atoms with van der Waals surface area (Å²) in [5, 5.41) is 1.91. The summed E-state index contributed by atoms with van der Waals surface area (Å²) in [6.45, 7) is 2.94. The minimum atomic E-state index is 0.127. The van der Waals surface area contributed by atoms with Crippen molar-refractivity contribution < 1.29 is 9.21 Å². The van der Waals surface area contributed by atoms with Crippen molar-refractivity contribution in [3.8, 4) is 0 Å². The Morgan fingerprint density at radius 3 is 2.78 bits per heavy atom. The number of thiophene rings is 1. The van der Waals surface area contributed by atoms with Crippen molar-refractivity contribution in [3.63, 3.8) is 0 Å². The van der Waals surface area contributed by atoms with Crippen LogP contribution in [0.1, 0.15) is 21.2 Å². The molecule has 0 spiro atoms. The van der Waals surface area contributed by atoms with E-state index in [9.17, 15) is 4.79 Å². The molecule has 2 rings (SSSR count). The first-order chi connectivity index (χ1) is 8.56. The van der Waals surface area contributed by atoms with Crippen LogP contribution in [-0.4, -0.2) is 24.3 Å². The highest BCUT2D eigenvalue weighted by atomic mass is 79.9. The lowest BCUT2D eigenvalue weighted by Crippen LogP contribution is -2.25. The van der Waals surface area contributed by atoms with Gasteiger partial charge < -0.3 is 4.42 Å². The molecule has 0 aliphatic rings. The lowest BCUT2D eigenvalue weighted by Gasteiger charge is -2.13. The molecule has 3 nitrogen and oxygen atoms in total. The Hall–Kier alpha value is -0.910. The Morgan fingerprint density at radius 2 is 2.22 bits per heavy atom. The SMILES string of the molecule is Cc1ccc(CN(C)CC(=O)c2sccc2Br)o1. The quantitative estimate of drug-likeness (QED) is 0.784. The summed E-state index contributed by atoms with van der Waals surface area (Å²) >= 11 is 4.84. The van der Waals surface area contributed by atoms with E-state index < -0.39 is 0 Å². The van der Waals surface area contributed by atoms with Gasteiger partial charge in [-0.25, -0.2) is 0 Å². The maximum Gasteiger partial charge on any atom is 0.187 e. The Kier molecular flexibility index (Phi) is 4.37. The van der Waals surface area contributed by atoms with Gasteiger partial charge in [0, 0.05) is 4.47 Å². The molecule has 0 amide bonds. The van der Waals surface area contributed by atoms with Crippen LogP contribution >= 0.6 is 27.3 Å². The third-order valence-electron chi connectivity index (χ3n) is 2.51. The third-order valence-corrected chi connectivity index (χ3v) is 4.38. The van der Waals surface area contributed by atoms with E-state index in [1.807, 2.05) is 42.5 Å². The van der Waals surface area contributed by atoms with Gasteiger partial charge in [0.05, 0.1) is 18.0 Å². The van der Waals surface area contributed by atoms with Crippen LogP contribution in [0.25, 0.3) is 0 Å². The largest absolute Gasteiger partial charge is 0.465 e. The number of hydrogen-bond acceptors (Lipinski definition) is 4. The smallest absolute Gasteiger partial charge is 0.187 e. The van der Waals surface area contributed by atoms with Crippen LogP contribution < -0.4 is 0 Å². The number of aryl methyl sites for hydroxylation is 1. The Labute approximate surface area is 119 Å². The van der Waals surface area contributed by atoms with Crippen LogP contribution in [0.3, 0.4) is 0 Å². The van der Waals surface area contributed by atoms with Gasteiger partial charge >= 0.3 is 0 Å². The molecule has 0 aliphatic heterocycles. The molecule has 0 saturated carbocycles. The van der Waals surface area contributed by atoms with Crippen LogP contribution in [-0.2, 0) is 6.54 Å². The fraction of sp³-hybridized carbons (Fsp3) is 0.308. The lowest BCUT2D eigenvalue weighted by atomic mass is 10.3.